The highest BCUT2D eigenvalue weighted by Crippen LogP contribution is 2.42. The van der Waals surface area contributed by atoms with Crippen LogP contribution in [0.25, 0.3) is 0 Å². The van der Waals surface area contributed by atoms with Crippen molar-refractivity contribution in [1.82, 2.24) is 9.97 Å². The molecule has 0 aromatic carbocycles. The molecule has 7 heteroatoms. The van der Waals surface area contributed by atoms with E-state index < -0.39 is 17.8 Å². The van der Waals surface area contributed by atoms with Crippen LogP contribution in [0.1, 0.15) is 46.2 Å². The second-order valence-electron chi connectivity index (χ2n) is 5.49. The maximum atomic E-state index is 12.6. The van der Waals surface area contributed by atoms with E-state index in [1.165, 1.54) is 6.92 Å². The number of hydrogen-bond acceptors (Lipinski definition) is 3. The molecular formula is C16H14F3N3O. The molecule has 1 aliphatic carbocycles. The van der Waals surface area contributed by atoms with Crippen LogP contribution in [-0.4, -0.2) is 15.9 Å². The zero-order chi connectivity index (χ0) is 16.6. The third kappa shape index (κ3) is 3.33. The predicted octanol–water partition coefficient (Wildman–Crippen LogP) is 3.93. The Kier molecular flexibility index (Phi) is 3.79. The van der Waals surface area contributed by atoms with Crippen LogP contribution in [0, 0.1) is 6.92 Å². The molecule has 23 heavy (non-hydrogen) atoms. The standard InChI is InChI=1S/C16H14F3N3O/c1-9-11(6-7-13(21-9)16(17,18)19)15(23)22-12-3-2-8-20-14(12)10-4-5-10/h2-3,6-8,10H,4-5H2,1H3,(H,22,23). The number of alkyl halides is 3. The summed E-state index contributed by atoms with van der Waals surface area (Å²) >= 11 is 0. The highest BCUT2D eigenvalue weighted by molar-refractivity contribution is 6.05. The number of anilines is 1. The molecule has 0 spiro atoms. The van der Waals surface area contributed by atoms with E-state index in [2.05, 4.69) is 15.3 Å². The summed E-state index contributed by atoms with van der Waals surface area (Å²) in [6.45, 7) is 1.38. The van der Waals surface area contributed by atoms with Crippen molar-refractivity contribution < 1.29 is 18.0 Å². The van der Waals surface area contributed by atoms with Gasteiger partial charge in [0.05, 0.1) is 22.6 Å². The van der Waals surface area contributed by atoms with Crippen LogP contribution >= 0.6 is 0 Å². The van der Waals surface area contributed by atoms with Crippen LogP contribution < -0.4 is 5.32 Å². The average Bonchev–Trinajstić information content (AvgIpc) is 3.31. The van der Waals surface area contributed by atoms with E-state index in [0.29, 0.717) is 11.6 Å². The predicted molar refractivity (Wildman–Crippen MR) is 78.1 cm³/mol. The first-order chi connectivity index (χ1) is 10.9. The third-order valence-corrected chi connectivity index (χ3v) is 3.67. The lowest BCUT2D eigenvalue weighted by Crippen LogP contribution is -2.17. The minimum absolute atomic E-state index is 0.0363. The Morgan fingerprint density at radius 1 is 1.26 bits per heavy atom. The van der Waals surface area contributed by atoms with Gasteiger partial charge in [-0.15, -0.1) is 0 Å². The van der Waals surface area contributed by atoms with E-state index in [4.69, 9.17) is 0 Å². The molecule has 1 aliphatic rings. The number of aryl methyl sites for hydroxylation is 1. The molecule has 0 bridgehead atoms. The van der Waals surface area contributed by atoms with Crippen molar-refractivity contribution in [3.8, 4) is 0 Å². The normalized spacial score (nSPS) is 14.6. The maximum Gasteiger partial charge on any atom is 0.433 e. The number of carbonyl (C=O) groups is 1. The first kappa shape index (κ1) is 15.5. The van der Waals surface area contributed by atoms with Gasteiger partial charge in [0.2, 0.25) is 0 Å². The molecule has 3 rings (SSSR count). The number of amides is 1. The fraction of sp³-hybridized carbons (Fsp3) is 0.312. The van der Waals surface area contributed by atoms with Crippen LogP contribution in [0.5, 0.6) is 0 Å². The second-order valence-corrected chi connectivity index (χ2v) is 5.49. The summed E-state index contributed by atoms with van der Waals surface area (Å²) in [6, 6.07) is 5.41. The first-order valence-electron chi connectivity index (χ1n) is 7.17. The van der Waals surface area contributed by atoms with Crippen molar-refractivity contribution in [1.29, 1.82) is 0 Å². The lowest BCUT2D eigenvalue weighted by atomic mass is 10.1. The van der Waals surface area contributed by atoms with E-state index >= 15 is 0 Å². The largest absolute Gasteiger partial charge is 0.433 e. The summed E-state index contributed by atoms with van der Waals surface area (Å²) in [4.78, 5) is 20.1. The van der Waals surface area contributed by atoms with Gasteiger partial charge < -0.3 is 5.32 Å². The van der Waals surface area contributed by atoms with Gasteiger partial charge in [-0.1, -0.05) is 0 Å². The Morgan fingerprint density at radius 3 is 2.61 bits per heavy atom. The Labute approximate surface area is 130 Å². The van der Waals surface area contributed by atoms with E-state index in [0.717, 1.165) is 30.7 Å². The Morgan fingerprint density at radius 2 is 2.00 bits per heavy atom. The smallest absolute Gasteiger partial charge is 0.320 e. The molecule has 0 aliphatic heterocycles. The van der Waals surface area contributed by atoms with Gasteiger partial charge in [-0.05, 0) is 44.0 Å². The summed E-state index contributed by atoms with van der Waals surface area (Å²) in [6.07, 6.45) is -0.808. The van der Waals surface area contributed by atoms with Gasteiger partial charge in [0.1, 0.15) is 5.69 Å². The molecule has 0 radical (unpaired) electrons. The second kappa shape index (κ2) is 5.64. The summed E-state index contributed by atoms with van der Waals surface area (Å²) in [5, 5.41) is 2.72. The number of hydrogen-bond donors (Lipinski definition) is 1. The molecule has 2 aromatic heterocycles. The van der Waals surface area contributed by atoms with Crippen molar-refractivity contribution in [2.24, 2.45) is 0 Å². The van der Waals surface area contributed by atoms with Gasteiger partial charge in [-0.3, -0.25) is 9.78 Å². The van der Waals surface area contributed by atoms with Crippen molar-refractivity contribution >= 4 is 11.6 Å². The van der Waals surface area contributed by atoms with Crippen LogP contribution in [0.15, 0.2) is 30.5 Å². The molecule has 4 nitrogen and oxygen atoms in total. The summed E-state index contributed by atoms with van der Waals surface area (Å²) in [5.74, 6) is -0.142. The van der Waals surface area contributed by atoms with E-state index in [9.17, 15) is 18.0 Å². The van der Waals surface area contributed by atoms with E-state index in [1.54, 1.807) is 18.3 Å². The van der Waals surface area contributed by atoms with Crippen molar-refractivity contribution in [2.75, 3.05) is 5.32 Å². The molecule has 1 N–H and O–H groups in total. The van der Waals surface area contributed by atoms with Crippen molar-refractivity contribution in [3.63, 3.8) is 0 Å². The number of pyridine rings is 2. The number of halogens is 3. The van der Waals surface area contributed by atoms with E-state index in [-0.39, 0.29) is 11.3 Å². The quantitative estimate of drug-likeness (QED) is 0.932. The third-order valence-electron chi connectivity index (χ3n) is 3.67. The number of nitrogens with zero attached hydrogens (tertiary/aromatic N) is 2. The summed E-state index contributed by atoms with van der Waals surface area (Å²) in [7, 11) is 0. The van der Waals surface area contributed by atoms with Gasteiger partial charge in [0, 0.05) is 12.1 Å². The topological polar surface area (TPSA) is 54.9 Å². The Bertz CT molecular complexity index is 754. The Hall–Kier alpha value is -2.44. The van der Waals surface area contributed by atoms with Crippen LogP contribution in [0.2, 0.25) is 0 Å². The van der Waals surface area contributed by atoms with Crippen LogP contribution in [0.4, 0.5) is 18.9 Å². The number of rotatable bonds is 3. The van der Waals surface area contributed by atoms with E-state index in [1.807, 2.05) is 0 Å². The molecular weight excluding hydrogens is 307 g/mol. The highest BCUT2D eigenvalue weighted by Gasteiger charge is 2.33. The van der Waals surface area contributed by atoms with Gasteiger partial charge in [0.15, 0.2) is 0 Å². The molecule has 1 saturated carbocycles. The van der Waals surface area contributed by atoms with Crippen LogP contribution in [-0.2, 0) is 6.18 Å². The monoisotopic (exact) mass is 321 g/mol. The fourth-order valence-corrected chi connectivity index (χ4v) is 2.35. The number of aromatic nitrogens is 2. The van der Waals surface area contributed by atoms with Gasteiger partial charge >= 0.3 is 6.18 Å². The fourth-order valence-electron chi connectivity index (χ4n) is 2.35. The molecule has 2 heterocycles. The summed E-state index contributed by atoms with van der Waals surface area (Å²) < 4.78 is 37.9. The molecule has 1 amide bonds. The van der Waals surface area contributed by atoms with Crippen LogP contribution in [0.3, 0.4) is 0 Å². The molecule has 0 atom stereocenters. The zero-order valence-corrected chi connectivity index (χ0v) is 12.3. The zero-order valence-electron chi connectivity index (χ0n) is 12.3. The van der Waals surface area contributed by atoms with Gasteiger partial charge in [0.25, 0.3) is 5.91 Å². The number of nitrogens with one attached hydrogen (secondary N) is 1. The SMILES string of the molecule is Cc1nc(C(F)(F)F)ccc1C(=O)Nc1cccnc1C1CC1. The van der Waals surface area contributed by atoms with Crippen molar-refractivity contribution in [2.45, 2.75) is 31.9 Å². The van der Waals surface area contributed by atoms with Crippen molar-refractivity contribution in [3.05, 3.63) is 53.1 Å². The molecule has 1 fully saturated rings. The molecule has 120 valence electrons. The summed E-state index contributed by atoms with van der Waals surface area (Å²) in [5.41, 5.74) is 0.557. The number of carbonyl (C=O) groups excluding carboxylic acids is 1. The minimum atomic E-state index is -4.53. The highest BCUT2D eigenvalue weighted by atomic mass is 19.4. The Balaban J connectivity index is 1.84. The van der Waals surface area contributed by atoms with Gasteiger partial charge in [-0.2, -0.15) is 13.2 Å². The molecule has 2 aromatic rings. The average molecular weight is 321 g/mol. The molecule has 0 unspecified atom stereocenters. The maximum absolute atomic E-state index is 12.6. The van der Waals surface area contributed by atoms with Gasteiger partial charge in [-0.25, -0.2) is 4.98 Å². The lowest BCUT2D eigenvalue weighted by Gasteiger charge is -2.12. The lowest BCUT2D eigenvalue weighted by molar-refractivity contribution is -0.141. The minimum Gasteiger partial charge on any atom is -0.320 e. The first-order valence-corrected chi connectivity index (χ1v) is 7.17. The molecule has 0 saturated heterocycles.